The molecule has 1 atom stereocenters. The number of nitrogens with zero attached hydrogens (tertiary/aromatic N) is 2. The van der Waals surface area contributed by atoms with Crippen LogP contribution in [0.4, 0.5) is 0 Å². The van der Waals surface area contributed by atoms with Gasteiger partial charge in [-0.25, -0.2) is 0 Å². The van der Waals surface area contributed by atoms with Crippen molar-refractivity contribution < 1.29 is 0 Å². The molecule has 0 aromatic carbocycles. The van der Waals surface area contributed by atoms with Crippen molar-refractivity contribution in [3.63, 3.8) is 0 Å². The second-order valence-corrected chi connectivity index (χ2v) is 3.90. The van der Waals surface area contributed by atoms with Crippen molar-refractivity contribution in [3.8, 4) is 0 Å². The molecule has 1 aromatic rings. The van der Waals surface area contributed by atoms with Crippen LogP contribution in [-0.2, 0) is 13.5 Å². The summed E-state index contributed by atoms with van der Waals surface area (Å²) >= 11 is 0. The van der Waals surface area contributed by atoms with Crippen LogP contribution in [0.25, 0.3) is 0 Å². The van der Waals surface area contributed by atoms with Gasteiger partial charge < -0.3 is 5.73 Å². The Morgan fingerprint density at radius 3 is 3.08 bits per heavy atom. The maximum absolute atomic E-state index is 5.76. The summed E-state index contributed by atoms with van der Waals surface area (Å²) in [6.07, 6.45) is 3.68. The standard InChI is InChI=1S/C10H17N3/c1-7-9-5-3-4-8(6-11)10(9)13(2)12-7/h8H,3-6,11H2,1-2H3. The lowest BCUT2D eigenvalue weighted by atomic mass is 9.87. The lowest BCUT2D eigenvalue weighted by Gasteiger charge is -2.22. The first-order valence-electron chi connectivity index (χ1n) is 4.96. The minimum Gasteiger partial charge on any atom is -0.330 e. The second-order valence-electron chi connectivity index (χ2n) is 3.90. The monoisotopic (exact) mass is 179 g/mol. The summed E-state index contributed by atoms with van der Waals surface area (Å²) in [7, 11) is 2.03. The predicted octanol–water partition coefficient (Wildman–Crippen LogP) is 1.11. The molecule has 2 N–H and O–H groups in total. The zero-order chi connectivity index (χ0) is 9.42. The topological polar surface area (TPSA) is 43.8 Å². The first-order valence-corrected chi connectivity index (χ1v) is 4.96. The van der Waals surface area contributed by atoms with Crippen molar-refractivity contribution >= 4 is 0 Å². The minimum atomic E-state index is 0.537. The predicted molar refractivity (Wildman–Crippen MR) is 52.7 cm³/mol. The van der Waals surface area contributed by atoms with E-state index >= 15 is 0 Å². The van der Waals surface area contributed by atoms with Gasteiger partial charge in [-0.05, 0) is 31.7 Å². The Balaban J connectivity index is 2.48. The molecule has 1 heterocycles. The Morgan fingerprint density at radius 2 is 2.38 bits per heavy atom. The SMILES string of the molecule is Cc1nn(C)c2c1CCCC2CN. The lowest BCUT2D eigenvalue weighted by Crippen LogP contribution is -2.20. The van der Waals surface area contributed by atoms with Crippen LogP contribution in [0.2, 0.25) is 0 Å². The maximum atomic E-state index is 5.76. The van der Waals surface area contributed by atoms with Crippen LogP contribution < -0.4 is 5.73 Å². The molecule has 0 amide bonds. The largest absolute Gasteiger partial charge is 0.330 e. The third-order valence-corrected chi connectivity index (χ3v) is 3.05. The van der Waals surface area contributed by atoms with Crippen LogP contribution in [0.5, 0.6) is 0 Å². The molecular formula is C10H17N3. The van der Waals surface area contributed by atoms with Crippen LogP contribution in [0.1, 0.15) is 35.7 Å². The number of aryl methyl sites for hydroxylation is 2. The quantitative estimate of drug-likeness (QED) is 0.701. The molecule has 0 aliphatic heterocycles. The zero-order valence-electron chi connectivity index (χ0n) is 8.38. The van der Waals surface area contributed by atoms with E-state index in [-0.39, 0.29) is 0 Å². The van der Waals surface area contributed by atoms with Crippen molar-refractivity contribution in [1.82, 2.24) is 9.78 Å². The summed E-state index contributed by atoms with van der Waals surface area (Å²) in [6.45, 7) is 2.85. The third-order valence-electron chi connectivity index (χ3n) is 3.05. The van der Waals surface area contributed by atoms with Gasteiger partial charge in [-0.15, -0.1) is 0 Å². The van der Waals surface area contributed by atoms with Gasteiger partial charge in [0.05, 0.1) is 5.69 Å². The number of fused-ring (bicyclic) bond motifs is 1. The lowest BCUT2D eigenvalue weighted by molar-refractivity contribution is 0.520. The van der Waals surface area contributed by atoms with Gasteiger partial charge in [0.1, 0.15) is 0 Å². The smallest absolute Gasteiger partial charge is 0.0628 e. The van der Waals surface area contributed by atoms with E-state index in [9.17, 15) is 0 Å². The molecular weight excluding hydrogens is 162 g/mol. The van der Waals surface area contributed by atoms with Gasteiger partial charge in [0, 0.05) is 25.2 Å². The number of hydrogen-bond donors (Lipinski definition) is 1. The van der Waals surface area contributed by atoms with Gasteiger partial charge >= 0.3 is 0 Å². The maximum Gasteiger partial charge on any atom is 0.0628 e. The van der Waals surface area contributed by atoms with E-state index in [1.165, 1.54) is 36.2 Å². The van der Waals surface area contributed by atoms with Crippen LogP contribution in [0.15, 0.2) is 0 Å². The molecule has 1 aromatic heterocycles. The Morgan fingerprint density at radius 1 is 1.62 bits per heavy atom. The summed E-state index contributed by atoms with van der Waals surface area (Å²) in [5, 5.41) is 4.45. The number of nitrogens with two attached hydrogens (primary N) is 1. The highest BCUT2D eigenvalue weighted by Crippen LogP contribution is 2.31. The van der Waals surface area contributed by atoms with Crippen molar-refractivity contribution in [3.05, 3.63) is 17.0 Å². The van der Waals surface area contributed by atoms with Gasteiger partial charge in [-0.3, -0.25) is 4.68 Å². The molecule has 0 fully saturated rings. The highest BCUT2D eigenvalue weighted by Gasteiger charge is 2.24. The summed E-state index contributed by atoms with van der Waals surface area (Å²) in [4.78, 5) is 0. The fourth-order valence-electron chi connectivity index (χ4n) is 2.43. The normalized spacial score (nSPS) is 21.6. The van der Waals surface area contributed by atoms with E-state index in [1.807, 2.05) is 11.7 Å². The fourth-order valence-corrected chi connectivity index (χ4v) is 2.43. The Kier molecular flexibility index (Phi) is 2.12. The van der Waals surface area contributed by atoms with E-state index in [0.717, 1.165) is 6.54 Å². The Labute approximate surface area is 78.9 Å². The summed E-state index contributed by atoms with van der Waals surface area (Å²) in [5.74, 6) is 0.537. The molecule has 72 valence electrons. The summed E-state index contributed by atoms with van der Waals surface area (Å²) < 4.78 is 2.02. The molecule has 0 saturated carbocycles. The van der Waals surface area contributed by atoms with Gasteiger partial charge in [-0.1, -0.05) is 0 Å². The second kappa shape index (κ2) is 3.14. The van der Waals surface area contributed by atoms with E-state index in [1.54, 1.807) is 0 Å². The number of hydrogen-bond acceptors (Lipinski definition) is 2. The van der Waals surface area contributed by atoms with Gasteiger partial charge in [0.15, 0.2) is 0 Å². The highest BCUT2D eigenvalue weighted by atomic mass is 15.3. The van der Waals surface area contributed by atoms with Crippen LogP contribution in [0.3, 0.4) is 0 Å². The van der Waals surface area contributed by atoms with Crippen molar-refractivity contribution in [2.45, 2.75) is 32.1 Å². The van der Waals surface area contributed by atoms with E-state index < -0.39 is 0 Å². The van der Waals surface area contributed by atoms with Gasteiger partial charge in [0.2, 0.25) is 0 Å². The third kappa shape index (κ3) is 1.27. The van der Waals surface area contributed by atoms with Crippen LogP contribution in [-0.4, -0.2) is 16.3 Å². The molecule has 3 nitrogen and oxygen atoms in total. The molecule has 13 heavy (non-hydrogen) atoms. The van der Waals surface area contributed by atoms with E-state index in [2.05, 4.69) is 12.0 Å². The molecule has 1 aliphatic carbocycles. The summed E-state index contributed by atoms with van der Waals surface area (Å²) in [5.41, 5.74) is 9.77. The first-order chi connectivity index (χ1) is 6.24. The van der Waals surface area contributed by atoms with Gasteiger partial charge in [-0.2, -0.15) is 5.10 Å². The van der Waals surface area contributed by atoms with Crippen LogP contribution >= 0.6 is 0 Å². The zero-order valence-corrected chi connectivity index (χ0v) is 8.38. The highest BCUT2D eigenvalue weighted by molar-refractivity contribution is 5.31. The van der Waals surface area contributed by atoms with Crippen molar-refractivity contribution in [2.75, 3.05) is 6.54 Å². The van der Waals surface area contributed by atoms with E-state index in [4.69, 9.17) is 5.73 Å². The first kappa shape index (κ1) is 8.75. The van der Waals surface area contributed by atoms with Crippen molar-refractivity contribution in [1.29, 1.82) is 0 Å². The number of aromatic nitrogens is 2. The van der Waals surface area contributed by atoms with Crippen LogP contribution in [0, 0.1) is 6.92 Å². The summed E-state index contributed by atoms with van der Waals surface area (Å²) in [6, 6.07) is 0. The average Bonchev–Trinajstić information content (AvgIpc) is 2.43. The minimum absolute atomic E-state index is 0.537. The fraction of sp³-hybridized carbons (Fsp3) is 0.700. The van der Waals surface area contributed by atoms with E-state index in [0.29, 0.717) is 5.92 Å². The molecule has 0 saturated heterocycles. The molecule has 3 heteroatoms. The molecule has 0 spiro atoms. The Bertz CT molecular complexity index is 314. The van der Waals surface area contributed by atoms with Gasteiger partial charge in [0.25, 0.3) is 0 Å². The molecule has 2 rings (SSSR count). The molecule has 0 radical (unpaired) electrons. The van der Waals surface area contributed by atoms with Crippen molar-refractivity contribution in [2.24, 2.45) is 12.8 Å². The molecule has 1 unspecified atom stereocenters. The number of rotatable bonds is 1. The Hall–Kier alpha value is -0.830. The average molecular weight is 179 g/mol. The molecule has 0 bridgehead atoms. The molecule has 1 aliphatic rings.